The number of imidazole rings is 1. The minimum atomic E-state index is -0.555. The second kappa shape index (κ2) is 6.03. The summed E-state index contributed by atoms with van der Waals surface area (Å²) in [5.41, 5.74) is 3.31. The van der Waals surface area contributed by atoms with Gasteiger partial charge in [0.05, 0.1) is 22.9 Å². The summed E-state index contributed by atoms with van der Waals surface area (Å²) in [6, 6.07) is 11.6. The molecule has 2 unspecified atom stereocenters. The molecule has 4 aromatic rings. The van der Waals surface area contributed by atoms with E-state index in [1.807, 2.05) is 30.3 Å². The molecule has 0 bridgehead atoms. The predicted octanol–water partition coefficient (Wildman–Crippen LogP) is 1.92. The molecule has 3 heterocycles. The molecule has 0 radical (unpaired) electrons. The lowest BCUT2D eigenvalue weighted by Crippen LogP contribution is -2.23. The number of fused-ring (bicyclic) bond motifs is 1. The highest BCUT2D eigenvalue weighted by molar-refractivity contribution is 5.63. The Labute approximate surface area is 158 Å². The molecule has 1 aliphatic carbocycles. The van der Waals surface area contributed by atoms with Gasteiger partial charge in [0.25, 0.3) is 5.56 Å². The Kier molecular flexibility index (Phi) is 3.49. The van der Waals surface area contributed by atoms with Crippen molar-refractivity contribution >= 4 is 5.65 Å². The van der Waals surface area contributed by atoms with E-state index in [0.29, 0.717) is 22.7 Å². The quantitative estimate of drug-likeness (QED) is 0.571. The standard InChI is InChI=1S/C20H14N6O2/c21-9-11-1-3-12(4-2-11)13-7-14(13)15-8-17(25-26-6-5-22-18(15)26)16-10-23-20(28)24-19(16)27/h1-6,8,10,13-14H,7H2,(H2,23,24,27,28). The fourth-order valence-electron chi connectivity index (χ4n) is 3.66. The molecule has 1 aromatic carbocycles. The predicted molar refractivity (Wildman–Crippen MR) is 101 cm³/mol. The highest BCUT2D eigenvalue weighted by atomic mass is 16.2. The number of hydrogen-bond acceptors (Lipinski definition) is 5. The number of nitriles is 1. The van der Waals surface area contributed by atoms with Gasteiger partial charge >= 0.3 is 5.69 Å². The molecule has 8 nitrogen and oxygen atoms in total. The Morgan fingerprint density at radius 2 is 2.00 bits per heavy atom. The minimum absolute atomic E-state index is 0.251. The Morgan fingerprint density at radius 1 is 1.18 bits per heavy atom. The first kappa shape index (κ1) is 16.2. The van der Waals surface area contributed by atoms with Crippen LogP contribution < -0.4 is 11.2 Å². The molecule has 5 rings (SSSR count). The first-order valence-corrected chi connectivity index (χ1v) is 8.81. The van der Waals surface area contributed by atoms with Gasteiger partial charge in [-0.2, -0.15) is 10.4 Å². The minimum Gasteiger partial charge on any atom is -0.313 e. The molecule has 2 N–H and O–H groups in total. The van der Waals surface area contributed by atoms with E-state index >= 15 is 0 Å². The monoisotopic (exact) mass is 370 g/mol. The molecule has 3 aromatic heterocycles. The van der Waals surface area contributed by atoms with Gasteiger partial charge in [-0.25, -0.2) is 14.3 Å². The fraction of sp³-hybridized carbons (Fsp3) is 0.150. The zero-order valence-electron chi connectivity index (χ0n) is 14.6. The van der Waals surface area contributed by atoms with Crippen LogP contribution in [0.3, 0.4) is 0 Å². The first-order chi connectivity index (χ1) is 13.6. The van der Waals surface area contributed by atoms with Crippen molar-refractivity contribution in [3.05, 3.63) is 86.5 Å². The number of H-pyrrole nitrogens is 2. The lowest BCUT2D eigenvalue weighted by molar-refractivity contribution is 0.906. The number of aromatic nitrogens is 5. The Morgan fingerprint density at radius 3 is 2.75 bits per heavy atom. The largest absolute Gasteiger partial charge is 0.325 e. The summed E-state index contributed by atoms with van der Waals surface area (Å²) >= 11 is 0. The molecule has 1 fully saturated rings. The third kappa shape index (κ3) is 2.61. The first-order valence-electron chi connectivity index (χ1n) is 8.81. The summed E-state index contributed by atoms with van der Waals surface area (Å²) in [5.74, 6) is 0.582. The molecular weight excluding hydrogens is 356 g/mol. The van der Waals surface area contributed by atoms with E-state index in [1.54, 1.807) is 16.9 Å². The molecule has 1 saturated carbocycles. The van der Waals surface area contributed by atoms with Gasteiger partial charge in [-0.05, 0) is 42.0 Å². The SMILES string of the molecule is N#Cc1ccc(C2CC2c2cc(-c3c[nH]c(=O)[nH]c3=O)nn3ccnc23)cc1. The van der Waals surface area contributed by atoms with E-state index in [0.717, 1.165) is 17.6 Å². The van der Waals surface area contributed by atoms with Crippen LogP contribution in [-0.4, -0.2) is 24.6 Å². The van der Waals surface area contributed by atoms with E-state index in [2.05, 4.69) is 26.1 Å². The van der Waals surface area contributed by atoms with Crippen molar-refractivity contribution in [2.24, 2.45) is 0 Å². The van der Waals surface area contributed by atoms with Crippen LogP contribution in [0.4, 0.5) is 0 Å². The molecule has 0 spiro atoms. The number of rotatable bonds is 3. The van der Waals surface area contributed by atoms with Gasteiger partial charge in [-0.3, -0.25) is 9.78 Å². The molecule has 0 saturated heterocycles. The number of benzene rings is 1. The third-order valence-electron chi connectivity index (χ3n) is 5.14. The van der Waals surface area contributed by atoms with Crippen molar-refractivity contribution in [2.45, 2.75) is 18.3 Å². The average molecular weight is 370 g/mol. The number of nitrogens with zero attached hydrogens (tertiary/aromatic N) is 4. The summed E-state index contributed by atoms with van der Waals surface area (Å²) in [4.78, 5) is 32.6. The van der Waals surface area contributed by atoms with Crippen molar-refractivity contribution in [3.63, 3.8) is 0 Å². The summed E-state index contributed by atoms with van der Waals surface area (Å²) in [5, 5.41) is 13.4. The molecule has 28 heavy (non-hydrogen) atoms. The van der Waals surface area contributed by atoms with E-state index < -0.39 is 11.2 Å². The van der Waals surface area contributed by atoms with Crippen LogP contribution in [0.25, 0.3) is 16.9 Å². The van der Waals surface area contributed by atoms with Gasteiger partial charge < -0.3 is 4.98 Å². The Bertz CT molecular complexity index is 1360. The molecular formula is C20H14N6O2. The van der Waals surface area contributed by atoms with Crippen LogP contribution in [0.5, 0.6) is 0 Å². The number of aromatic amines is 2. The highest BCUT2D eigenvalue weighted by Gasteiger charge is 2.41. The second-order valence-electron chi connectivity index (χ2n) is 6.85. The summed E-state index contributed by atoms with van der Waals surface area (Å²) < 4.78 is 1.66. The molecule has 8 heteroatoms. The van der Waals surface area contributed by atoms with Crippen LogP contribution in [0, 0.1) is 11.3 Å². The Hall–Kier alpha value is -3.99. The zero-order chi connectivity index (χ0) is 19.3. The molecule has 136 valence electrons. The van der Waals surface area contributed by atoms with Gasteiger partial charge in [0.2, 0.25) is 0 Å². The van der Waals surface area contributed by atoms with Gasteiger partial charge in [0, 0.05) is 24.2 Å². The molecule has 0 amide bonds. The number of nitrogens with one attached hydrogen (secondary N) is 2. The Balaban J connectivity index is 1.58. The van der Waals surface area contributed by atoms with Crippen LogP contribution in [0.2, 0.25) is 0 Å². The smallest absolute Gasteiger partial charge is 0.313 e. The van der Waals surface area contributed by atoms with Crippen LogP contribution in [0.15, 0.2) is 58.5 Å². The lowest BCUT2D eigenvalue weighted by atomic mass is 10.0. The van der Waals surface area contributed by atoms with Crippen LogP contribution in [0.1, 0.15) is 34.9 Å². The van der Waals surface area contributed by atoms with Crippen molar-refractivity contribution in [1.29, 1.82) is 5.26 Å². The molecule has 2 atom stereocenters. The van der Waals surface area contributed by atoms with Gasteiger partial charge in [-0.1, -0.05) is 12.1 Å². The summed E-state index contributed by atoms with van der Waals surface area (Å²) in [6.45, 7) is 0. The van der Waals surface area contributed by atoms with Gasteiger partial charge in [0.1, 0.15) is 0 Å². The normalized spacial score (nSPS) is 18.1. The maximum atomic E-state index is 12.2. The van der Waals surface area contributed by atoms with E-state index in [4.69, 9.17) is 5.26 Å². The van der Waals surface area contributed by atoms with Crippen molar-refractivity contribution < 1.29 is 0 Å². The zero-order valence-corrected chi connectivity index (χ0v) is 14.6. The highest BCUT2D eigenvalue weighted by Crippen LogP contribution is 2.55. The summed E-state index contributed by atoms with van der Waals surface area (Å²) in [6.07, 6.45) is 5.74. The van der Waals surface area contributed by atoms with E-state index in [9.17, 15) is 9.59 Å². The maximum absolute atomic E-state index is 12.2. The van der Waals surface area contributed by atoms with E-state index in [1.165, 1.54) is 11.8 Å². The van der Waals surface area contributed by atoms with Gasteiger partial charge in [0.15, 0.2) is 5.65 Å². The van der Waals surface area contributed by atoms with Gasteiger partial charge in [-0.15, -0.1) is 0 Å². The average Bonchev–Trinajstić information content (AvgIpc) is 3.36. The van der Waals surface area contributed by atoms with Crippen LogP contribution >= 0.6 is 0 Å². The van der Waals surface area contributed by atoms with Crippen molar-refractivity contribution in [1.82, 2.24) is 24.6 Å². The lowest BCUT2D eigenvalue weighted by Gasteiger charge is -2.07. The van der Waals surface area contributed by atoms with Crippen molar-refractivity contribution in [2.75, 3.05) is 0 Å². The second-order valence-corrected chi connectivity index (χ2v) is 6.85. The third-order valence-corrected chi connectivity index (χ3v) is 5.14. The van der Waals surface area contributed by atoms with Crippen molar-refractivity contribution in [3.8, 4) is 17.3 Å². The fourth-order valence-corrected chi connectivity index (χ4v) is 3.66. The number of hydrogen-bond donors (Lipinski definition) is 2. The van der Waals surface area contributed by atoms with E-state index in [-0.39, 0.29) is 5.92 Å². The molecule has 1 aliphatic rings. The molecule has 0 aliphatic heterocycles. The topological polar surface area (TPSA) is 120 Å². The summed E-state index contributed by atoms with van der Waals surface area (Å²) in [7, 11) is 0. The maximum Gasteiger partial charge on any atom is 0.325 e. The van der Waals surface area contributed by atoms with Crippen LogP contribution in [-0.2, 0) is 0 Å².